The fourth-order valence-electron chi connectivity index (χ4n) is 3.58. The summed E-state index contributed by atoms with van der Waals surface area (Å²) in [5.74, 6) is 1.04. The Hall–Kier alpha value is -4.28. The maximum Gasteiger partial charge on any atom is 0.261 e. The quantitative estimate of drug-likeness (QED) is 0.268. The Balaban J connectivity index is 1.34. The van der Waals surface area contributed by atoms with Gasteiger partial charge in [0.15, 0.2) is 0 Å². The lowest BCUT2D eigenvalue weighted by atomic mass is 10.2. The Labute approximate surface area is 225 Å². The average molecular weight is 531 g/mol. The molecule has 2 aromatic carbocycles. The van der Waals surface area contributed by atoms with Crippen LogP contribution in [0.4, 0.5) is 11.6 Å². The summed E-state index contributed by atoms with van der Waals surface area (Å²) in [4.78, 5) is 36.7. The van der Waals surface area contributed by atoms with E-state index in [2.05, 4.69) is 25.9 Å². The van der Waals surface area contributed by atoms with Gasteiger partial charge in [0.25, 0.3) is 5.91 Å². The van der Waals surface area contributed by atoms with E-state index in [1.54, 1.807) is 19.4 Å². The second kappa shape index (κ2) is 12.8. The smallest absolute Gasteiger partial charge is 0.261 e. The molecule has 0 spiro atoms. The zero-order valence-corrected chi connectivity index (χ0v) is 22.3. The number of hydrogen-bond donors (Lipinski definition) is 3. The molecule has 4 rings (SSSR count). The molecule has 3 N–H and O–H groups in total. The molecule has 2 heterocycles. The second-order valence-corrected chi connectivity index (χ2v) is 9.88. The minimum absolute atomic E-state index is 0.0199. The molecule has 0 atom stereocenters. The summed E-state index contributed by atoms with van der Waals surface area (Å²) in [7, 11) is 5.33. The molecule has 0 unspecified atom stereocenters. The summed E-state index contributed by atoms with van der Waals surface area (Å²) in [5.41, 5.74) is 3.50. The molecule has 0 radical (unpaired) electrons. The summed E-state index contributed by atoms with van der Waals surface area (Å²) in [6, 6.07) is 20.8. The molecule has 2 aromatic heterocycles. The largest absolute Gasteiger partial charge is 0.497 e. The predicted octanol–water partition coefficient (Wildman–Crippen LogP) is 4.07. The highest BCUT2D eigenvalue weighted by molar-refractivity contribution is 7.17. The minimum Gasteiger partial charge on any atom is -0.497 e. The van der Waals surface area contributed by atoms with Crippen molar-refractivity contribution in [3.63, 3.8) is 0 Å². The lowest BCUT2D eigenvalue weighted by Crippen LogP contribution is -2.32. The van der Waals surface area contributed by atoms with Crippen LogP contribution in [0.3, 0.4) is 0 Å². The maximum atomic E-state index is 12.7. The summed E-state index contributed by atoms with van der Waals surface area (Å²) in [6.07, 6.45) is 1.68. The number of rotatable bonds is 11. The van der Waals surface area contributed by atoms with Crippen molar-refractivity contribution in [1.82, 2.24) is 25.5 Å². The number of anilines is 2. The van der Waals surface area contributed by atoms with Gasteiger partial charge >= 0.3 is 0 Å². The Bertz CT molecular complexity index is 1390. The number of carbonyl (C=O) groups excluding carboxylic acids is 2. The molecule has 9 nitrogen and oxygen atoms in total. The highest BCUT2D eigenvalue weighted by Gasteiger charge is 2.12. The highest BCUT2D eigenvalue weighted by Crippen LogP contribution is 2.27. The van der Waals surface area contributed by atoms with Crippen molar-refractivity contribution in [2.45, 2.75) is 13.1 Å². The first-order valence-corrected chi connectivity index (χ1v) is 12.8. The van der Waals surface area contributed by atoms with Gasteiger partial charge in [-0.15, -0.1) is 11.3 Å². The Kier molecular flexibility index (Phi) is 9.02. The van der Waals surface area contributed by atoms with Crippen molar-refractivity contribution in [3.05, 3.63) is 88.9 Å². The fraction of sp³-hybridized carbons (Fsp3) is 0.214. The van der Waals surface area contributed by atoms with E-state index in [1.807, 2.05) is 79.7 Å². The number of ether oxygens (including phenoxy) is 1. The fourth-order valence-corrected chi connectivity index (χ4v) is 4.48. The third-order valence-electron chi connectivity index (χ3n) is 5.48. The maximum absolute atomic E-state index is 12.7. The number of nitrogens with one attached hydrogen (secondary N) is 3. The van der Waals surface area contributed by atoms with E-state index in [9.17, 15) is 9.59 Å². The number of amides is 2. The van der Waals surface area contributed by atoms with Gasteiger partial charge in [-0.1, -0.05) is 24.3 Å². The summed E-state index contributed by atoms with van der Waals surface area (Å²) in [6.45, 7) is 1.23. The molecule has 0 aliphatic rings. The number of carbonyl (C=O) groups is 2. The van der Waals surface area contributed by atoms with Crippen LogP contribution >= 0.6 is 11.3 Å². The third kappa shape index (κ3) is 7.61. The van der Waals surface area contributed by atoms with Crippen molar-refractivity contribution in [3.8, 4) is 16.3 Å². The summed E-state index contributed by atoms with van der Waals surface area (Å²) in [5, 5.41) is 9.05. The van der Waals surface area contributed by atoms with E-state index < -0.39 is 0 Å². The van der Waals surface area contributed by atoms with Crippen molar-refractivity contribution < 1.29 is 14.3 Å². The van der Waals surface area contributed by atoms with Crippen molar-refractivity contribution >= 4 is 34.8 Å². The number of hydrogen-bond acceptors (Lipinski definition) is 8. The molecule has 196 valence electrons. The van der Waals surface area contributed by atoms with Crippen LogP contribution in [-0.2, 0) is 17.9 Å². The number of nitrogens with zero attached hydrogens (tertiary/aromatic N) is 3. The van der Waals surface area contributed by atoms with E-state index in [0.717, 1.165) is 33.1 Å². The van der Waals surface area contributed by atoms with Gasteiger partial charge in [0.1, 0.15) is 5.75 Å². The van der Waals surface area contributed by atoms with Gasteiger partial charge in [0.2, 0.25) is 11.9 Å². The number of aromatic nitrogens is 2. The molecule has 0 saturated heterocycles. The molecule has 0 bridgehead atoms. The van der Waals surface area contributed by atoms with Gasteiger partial charge in [-0.05, 0) is 67.7 Å². The first-order chi connectivity index (χ1) is 18.4. The SMILES string of the molecule is COc1cccc(CNC(=O)c2ccc(-c3ccnc(Nc4ccc(CNC(=O)CN(C)C)cc4)n3)s2)c1. The molecule has 10 heteroatoms. The first-order valence-electron chi connectivity index (χ1n) is 12.0. The van der Waals surface area contributed by atoms with Gasteiger partial charge in [-0.25, -0.2) is 9.97 Å². The molecular weight excluding hydrogens is 500 g/mol. The van der Waals surface area contributed by atoms with Crippen LogP contribution in [0.15, 0.2) is 72.9 Å². The van der Waals surface area contributed by atoms with Gasteiger partial charge in [0, 0.05) is 25.0 Å². The van der Waals surface area contributed by atoms with E-state index in [0.29, 0.717) is 30.5 Å². The molecular formula is C28H30N6O3S. The molecule has 0 fully saturated rings. The zero-order valence-electron chi connectivity index (χ0n) is 21.5. The van der Waals surface area contributed by atoms with Crippen molar-refractivity contribution in [2.75, 3.05) is 33.1 Å². The third-order valence-corrected chi connectivity index (χ3v) is 6.59. The van der Waals surface area contributed by atoms with Gasteiger partial charge < -0.3 is 25.6 Å². The van der Waals surface area contributed by atoms with Crippen LogP contribution in [0.25, 0.3) is 10.6 Å². The van der Waals surface area contributed by atoms with Gasteiger partial charge in [-0.2, -0.15) is 0 Å². The Morgan fingerprint density at radius 1 is 0.947 bits per heavy atom. The standard InChI is InChI=1S/C28H30N6O3S/c1-34(2)18-26(35)30-16-19-7-9-21(10-8-19)32-28-29-14-13-23(33-28)24-11-12-25(38-24)27(36)31-17-20-5-4-6-22(15-20)37-3/h4-15H,16-18H2,1-3H3,(H,30,35)(H,31,36)(H,29,32,33). The van der Waals surface area contributed by atoms with Gasteiger partial charge in [0.05, 0.1) is 29.1 Å². The molecule has 4 aromatic rings. The molecule has 0 saturated carbocycles. The van der Waals surface area contributed by atoms with Crippen LogP contribution < -0.4 is 20.7 Å². The molecule has 2 amide bonds. The van der Waals surface area contributed by atoms with Crippen LogP contribution in [0, 0.1) is 0 Å². The van der Waals surface area contributed by atoms with E-state index in [1.165, 1.54) is 11.3 Å². The van der Waals surface area contributed by atoms with Crippen molar-refractivity contribution in [2.24, 2.45) is 0 Å². The highest BCUT2D eigenvalue weighted by atomic mass is 32.1. The second-order valence-electron chi connectivity index (χ2n) is 8.80. The van der Waals surface area contributed by atoms with E-state index in [4.69, 9.17) is 4.74 Å². The topological polar surface area (TPSA) is 108 Å². The van der Waals surface area contributed by atoms with E-state index >= 15 is 0 Å². The Morgan fingerprint density at radius 3 is 2.50 bits per heavy atom. The van der Waals surface area contributed by atoms with E-state index in [-0.39, 0.29) is 11.8 Å². The van der Waals surface area contributed by atoms with Gasteiger partial charge in [-0.3, -0.25) is 9.59 Å². The number of benzene rings is 2. The molecule has 0 aliphatic heterocycles. The summed E-state index contributed by atoms with van der Waals surface area (Å²) >= 11 is 1.37. The molecule has 0 aliphatic carbocycles. The van der Waals surface area contributed by atoms with Crippen LogP contribution in [0.5, 0.6) is 5.75 Å². The number of methoxy groups -OCH3 is 1. The first kappa shape index (κ1) is 26.8. The lowest BCUT2D eigenvalue weighted by molar-refractivity contribution is -0.121. The van der Waals surface area contributed by atoms with Crippen LogP contribution in [-0.4, -0.2) is 54.4 Å². The minimum atomic E-state index is -0.144. The number of likely N-dealkylation sites (N-methyl/N-ethyl adjacent to an activating group) is 1. The summed E-state index contributed by atoms with van der Waals surface area (Å²) < 4.78 is 5.24. The van der Waals surface area contributed by atoms with Crippen LogP contribution in [0.1, 0.15) is 20.8 Å². The normalized spacial score (nSPS) is 10.7. The lowest BCUT2D eigenvalue weighted by Gasteiger charge is -2.10. The van der Waals surface area contributed by atoms with Crippen LogP contribution in [0.2, 0.25) is 0 Å². The molecule has 38 heavy (non-hydrogen) atoms. The monoisotopic (exact) mass is 530 g/mol. The van der Waals surface area contributed by atoms with Crippen molar-refractivity contribution in [1.29, 1.82) is 0 Å². The average Bonchev–Trinajstić information content (AvgIpc) is 3.42. The predicted molar refractivity (Wildman–Crippen MR) is 150 cm³/mol. The number of thiophene rings is 1. The Morgan fingerprint density at radius 2 is 1.74 bits per heavy atom. The zero-order chi connectivity index (χ0) is 26.9.